The molecule has 1 aromatic rings. The van der Waals surface area contributed by atoms with E-state index in [1.165, 1.54) is 12.0 Å². The fourth-order valence-corrected chi connectivity index (χ4v) is 2.90. The summed E-state index contributed by atoms with van der Waals surface area (Å²) in [6, 6.07) is 5.67. The second-order valence-electron chi connectivity index (χ2n) is 5.75. The quantitative estimate of drug-likeness (QED) is 0.713. The number of benzene rings is 1. The molecule has 0 saturated carbocycles. The fourth-order valence-electron chi connectivity index (χ4n) is 2.90. The number of carbonyl (C=O) groups excluding carboxylic acids is 4. The Morgan fingerprint density at radius 1 is 1.24 bits per heavy atom. The number of rotatable bonds is 4. The van der Waals surface area contributed by atoms with Gasteiger partial charge in [0, 0.05) is 13.1 Å². The molecule has 25 heavy (non-hydrogen) atoms. The van der Waals surface area contributed by atoms with Crippen LogP contribution in [-0.2, 0) is 14.4 Å². The van der Waals surface area contributed by atoms with E-state index in [9.17, 15) is 19.2 Å². The summed E-state index contributed by atoms with van der Waals surface area (Å²) in [5.74, 6) is -0.530. The van der Waals surface area contributed by atoms with E-state index in [1.807, 2.05) is 12.1 Å². The lowest BCUT2D eigenvalue weighted by molar-refractivity contribution is -0.138. The molecule has 2 fully saturated rings. The van der Waals surface area contributed by atoms with E-state index in [4.69, 9.17) is 4.74 Å². The molecule has 0 radical (unpaired) electrons. The third-order valence-corrected chi connectivity index (χ3v) is 4.19. The summed E-state index contributed by atoms with van der Waals surface area (Å²) < 4.78 is 5.27. The van der Waals surface area contributed by atoms with E-state index in [0.29, 0.717) is 24.5 Å². The Balaban J connectivity index is 1.63. The molecule has 0 aliphatic carbocycles. The van der Waals surface area contributed by atoms with Gasteiger partial charge in [0.1, 0.15) is 18.3 Å². The Kier molecular flexibility index (Phi) is 4.55. The maximum Gasteiger partial charge on any atom is 0.322 e. The van der Waals surface area contributed by atoms with Gasteiger partial charge in [-0.2, -0.15) is 0 Å². The summed E-state index contributed by atoms with van der Waals surface area (Å²) >= 11 is 0. The predicted molar refractivity (Wildman–Crippen MR) is 87.0 cm³/mol. The topological polar surface area (TPSA) is 108 Å². The lowest BCUT2D eigenvalue weighted by Gasteiger charge is -2.35. The smallest absolute Gasteiger partial charge is 0.322 e. The van der Waals surface area contributed by atoms with E-state index in [-0.39, 0.29) is 24.8 Å². The SMILES string of the molecule is COc1ccccc1N1CCN(C(=O)C[C@H]2NC(=O)NC2=O)CC1=O. The molecule has 3 rings (SSSR count). The van der Waals surface area contributed by atoms with Crippen molar-refractivity contribution in [2.45, 2.75) is 12.5 Å². The number of nitrogens with zero attached hydrogens (tertiary/aromatic N) is 2. The van der Waals surface area contributed by atoms with E-state index < -0.39 is 18.0 Å². The minimum Gasteiger partial charge on any atom is -0.495 e. The third kappa shape index (κ3) is 3.39. The monoisotopic (exact) mass is 346 g/mol. The van der Waals surface area contributed by atoms with E-state index in [1.54, 1.807) is 17.0 Å². The van der Waals surface area contributed by atoms with Crippen LogP contribution in [0, 0.1) is 0 Å². The number of carbonyl (C=O) groups is 4. The van der Waals surface area contributed by atoms with E-state index >= 15 is 0 Å². The largest absolute Gasteiger partial charge is 0.495 e. The van der Waals surface area contributed by atoms with Gasteiger partial charge in [0.2, 0.25) is 11.8 Å². The maximum absolute atomic E-state index is 12.5. The van der Waals surface area contributed by atoms with Gasteiger partial charge >= 0.3 is 6.03 Å². The predicted octanol–water partition coefficient (Wildman–Crippen LogP) is -0.531. The number of nitrogens with one attached hydrogen (secondary N) is 2. The second kappa shape index (κ2) is 6.80. The summed E-state index contributed by atoms with van der Waals surface area (Å²) in [6.07, 6.45) is -0.167. The van der Waals surface area contributed by atoms with Crippen molar-refractivity contribution in [1.29, 1.82) is 0 Å². The number of amides is 5. The third-order valence-electron chi connectivity index (χ3n) is 4.19. The number of ether oxygens (including phenoxy) is 1. The Morgan fingerprint density at radius 3 is 2.64 bits per heavy atom. The van der Waals surface area contributed by atoms with Gasteiger partial charge in [-0.05, 0) is 12.1 Å². The summed E-state index contributed by atoms with van der Waals surface area (Å²) in [5, 5.41) is 4.45. The van der Waals surface area contributed by atoms with Crippen molar-refractivity contribution in [3.8, 4) is 5.75 Å². The Hall–Kier alpha value is -3.10. The number of hydrogen-bond acceptors (Lipinski definition) is 5. The maximum atomic E-state index is 12.5. The van der Waals surface area contributed by atoms with Crippen molar-refractivity contribution in [2.24, 2.45) is 0 Å². The summed E-state index contributed by atoms with van der Waals surface area (Å²) in [5.41, 5.74) is 0.657. The minimum atomic E-state index is -0.887. The van der Waals surface area contributed by atoms with Gasteiger partial charge in [0.15, 0.2) is 0 Å². The molecule has 5 amide bonds. The lowest BCUT2D eigenvalue weighted by Crippen LogP contribution is -2.53. The number of imide groups is 1. The molecule has 132 valence electrons. The molecule has 9 nitrogen and oxygen atoms in total. The Morgan fingerprint density at radius 2 is 2.00 bits per heavy atom. The molecule has 2 aliphatic heterocycles. The highest BCUT2D eigenvalue weighted by atomic mass is 16.5. The van der Waals surface area contributed by atoms with Crippen LogP contribution in [0.2, 0.25) is 0 Å². The van der Waals surface area contributed by atoms with Crippen LogP contribution in [0.5, 0.6) is 5.75 Å². The number of hydrogen-bond donors (Lipinski definition) is 2. The molecule has 0 bridgehead atoms. The van der Waals surface area contributed by atoms with Crippen molar-refractivity contribution in [2.75, 3.05) is 31.6 Å². The molecular weight excluding hydrogens is 328 g/mol. The summed E-state index contributed by atoms with van der Waals surface area (Å²) in [4.78, 5) is 50.4. The van der Waals surface area contributed by atoms with Crippen LogP contribution in [0.25, 0.3) is 0 Å². The zero-order chi connectivity index (χ0) is 18.0. The first-order valence-electron chi connectivity index (χ1n) is 7.82. The molecule has 2 aliphatic rings. The molecule has 0 unspecified atom stereocenters. The van der Waals surface area contributed by atoms with Crippen LogP contribution < -0.4 is 20.3 Å². The highest BCUT2D eigenvalue weighted by Crippen LogP contribution is 2.28. The fraction of sp³-hybridized carbons (Fsp3) is 0.375. The Bertz CT molecular complexity index is 735. The normalized spacial score (nSPS) is 20.4. The number of anilines is 1. The zero-order valence-corrected chi connectivity index (χ0v) is 13.7. The average molecular weight is 346 g/mol. The van der Waals surface area contributed by atoms with Crippen molar-refractivity contribution >= 4 is 29.4 Å². The van der Waals surface area contributed by atoms with Gasteiger partial charge in [-0.1, -0.05) is 12.1 Å². The van der Waals surface area contributed by atoms with Crippen LogP contribution in [0.15, 0.2) is 24.3 Å². The molecule has 2 heterocycles. The standard InChI is InChI=1S/C16H18N4O5/c1-25-12-5-3-2-4-11(12)20-7-6-19(9-14(20)22)13(21)8-10-15(23)18-16(24)17-10/h2-5,10H,6-9H2,1H3,(H2,17,18,23,24)/t10-/m1/s1. The van der Waals surface area contributed by atoms with Crippen LogP contribution in [0.1, 0.15) is 6.42 Å². The van der Waals surface area contributed by atoms with Gasteiger partial charge < -0.3 is 19.9 Å². The van der Waals surface area contributed by atoms with Crippen LogP contribution in [0.4, 0.5) is 10.5 Å². The lowest BCUT2D eigenvalue weighted by atomic mass is 10.1. The number of para-hydroxylation sites is 2. The second-order valence-corrected chi connectivity index (χ2v) is 5.75. The van der Waals surface area contributed by atoms with Gasteiger partial charge in [0.05, 0.1) is 19.2 Å². The van der Waals surface area contributed by atoms with Crippen molar-refractivity contribution in [1.82, 2.24) is 15.5 Å². The number of methoxy groups -OCH3 is 1. The zero-order valence-electron chi connectivity index (χ0n) is 13.7. The molecule has 1 aromatic carbocycles. The molecule has 1 atom stereocenters. The van der Waals surface area contributed by atoms with Gasteiger partial charge in [-0.15, -0.1) is 0 Å². The van der Waals surface area contributed by atoms with E-state index in [0.717, 1.165) is 0 Å². The van der Waals surface area contributed by atoms with Gasteiger partial charge in [-0.25, -0.2) is 4.79 Å². The summed E-state index contributed by atoms with van der Waals surface area (Å²) in [7, 11) is 1.53. The van der Waals surface area contributed by atoms with Crippen LogP contribution in [0.3, 0.4) is 0 Å². The first-order valence-corrected chi connectivity index (χ1v) is 7.82. The summed E-state index contributed by atoms with van der Waals surface area (Å²) in [6.45, 7) is 0.582. The van der Waals surface area contributed by atoms with E-state index in [2.05, 4.69) is 10.6 Å². The molecular formula is C16H18N4O5. The van der Waals surface area contributed by atoms with Crippen LogP contribution in [-0.4, -0.2) is 61.4 Å². The highest BCUT2D eigenvalue weighted by Gasteiger charge is 2.35. The molecule has 2 saturated heterocycles. The molecule has 0 aromatic heterocycles. The first-order chi connectivity index (χ1) is 12.0. The molecule has 2 N–H and O–H groups in total. The number of urea groups is 1. The van der Waals surface area contributed by atoms with Crippen molar-refractivity contribution in [3.05, 3.63) is 24.3 Å². The van der Waals surface area contributed by atoms with Crippen LogP contribution >= 0.6 is 0 Å². The van der Waals surface area contributed by atoms with Gasteiger partial charge in [-0.3, -0.25) is 19.7 Å². The molecule has 9 heteroatoms. The molecule has 0 spiro atoms. The van der Waals surface area contributed by atoms with Crippen molar-refractivity contribution < 1.29 is 23.9 Å². The van der Waals surface area contributed by atoms with Crippen molar-refractivity contribution in [3.63, 3.8) is 0 Å². The first kappa shape index (κ1) is 16.7. The highest BCUT2D eigenvalue weighted by molar-refractivity contribution is 6.06. The Labute approximate surface area is 143 Å². The van der Waals surface area contributed by atoms with Gasteiger partial charge in [0.25, 0.3) is 5.91 Å². The number of piperazine rings is 1. The average Bonchev–Trinajstić information content (AvgIpc) is 2.92. The minimum absolute atomic E-state index is 0.0842.